The van der Waals surface area contributed by atoms with Crippen LogP contribution in [-0.2, 0) is 5.41 Å². The lowest BCUT2D eigenvalue weighted by atomic mass is 9.77. The van der Waals surface area contributed by atoms with Crippen LogP contribution in [0.3, 0.4) is 0 Å². The average molecular weight is 271 g/mol. The van der Waals surface area contributed by atoms with Crippen LogP contribution in [0.1, 0.15) is 64.2 Å². The number of hydrogen-bond donors (Lipinski definition) is 1. The molecule has 0 aromatic heterocycles. The fourth-order valence-electron chi connectivity index (χ4n) is 3.23. The largest absolute Gasteiger partial charge is 0.387 e. The maximum Gasteiger partial charge on any atom is 0.0976 e. The number of rotatable bonds is 2. The van der Waals surface area contributed by atoms with Crippen molar-refractivity contribution in [3.8, 4) is 6.07 Å². The number of nitriles is 1. The molecule has 0 saturated heterocycles. The van der Waals surface area contributed by atoms with Crippen LogP contribution in [0.15, 0.2) is 24.3 Å². The number of nitrogens with zero attached hydrogens (tertiary/aromatic N) is 1. The number of benzene rings is 1. The highest BCUT2D eigenvalue weighted by atomic mass is 16.3. The molecule has 1 saturated carbocycles. The van der Waals surface area contributed by atoms with Crippen LogP contribution in [0.5, 0.6) is 0 Å². The highest BCUT2D eigenvalue weighted by Gasteiger charge is 2.44. The second kappa shape index (κ2) is 5.22. The van der Waals surface area contributed by atoms with Crippen molar-refractivity contribution in [2.45, 2.75) is 58.5 Å². The normalized spacial score (nSPS) is 28.1. The molecule has 0 radical (unpaired) electrons. The summed E-state index contributed by atoms with van der Waals surface area (Å²) >= 11 is 0. The minimum absolute atomic E-state index is 0.109. The van der Waals surface area contributed by atoms with E-state index in [1.54, 1.807) is 0 Å². The first-order valence-electron chi connectivity index (χ1n) is 7.48. The Hall–Kier alpha value is -1.33. The third-order valence-electron chi connectivity index (χ3n) is 4.63. The second-order valence-electron chi connectivity index (χ2n) is 7.39. The summed E-state index contributed by atoms with van der Waals surface area (Å²) in [6, 6.07) is 10.5. The van der Waals surface area contributed by atoms with Gasteiger partial charge in [0.25, 0.3) is 0 Å². The first kappa shape index (κ1) is 15.1. The molecule has 1 aliphatic rings. The van der Waals surface area contributed by atoms with Gasteiger partial charge in [-0.3, -0.25) is 0 Å². The summed E-state index contributed by atoms with van der Waals surface area (Å²) < 4.78 is 0. The Kier molecular flexibility index (Phi) is 3.93. The fourth-order valence-corrected chi connectivity index (χ4v) is 3.23. The quantitative estimate of drug-likeness (QED) is 0.869. The van der Waals surface area contributed by atoms with Gasteiger partial charge in [-0.15, -0.1) is 0 Å². The van der Waals surface area contributed by atoms with Crippen molar-refractivity contribution < 1.29 is 5.11 Å². The van der Waals surface area contributed by atoms with Gasteiger partial charge in [0.05, 0.1) is 17.6 Å². The second-order valence-corrected chi connectivity index (χ2v) is 7.39. The van der Waals surface area contributed by atoms with Gasteiger partial charge in [-0.05, 0) is 41.7 Å². The number of aliphatic hydroxyl groups is 1. The predicted molar refractivity (Wildman–Crippen MR) is 81.2 cm³/mol. The molecule has 1 aromatic rings. The van der Waals surface area contributed by atoms with Crippen LogP contribution in [-0.4, -0.2) is 5.11 Å². The number of hydrogen-bond acceptors (Lipinski definition) is 2. The van der Waals surface area contributed by atoms with Gasteiger partial charge in [0, 0.05) is 0 Å². The van der Waals surface area contributed by atoms with Gasteiger partial charge >= 0.3 is 0 Å². The summed E-state index contributed by atoms with van der Waals surface area (Å²) in [6.45, 7) is 8.68. The summed E-state index contributed by atoms with van der Waals surface area (Å²) in [5.41, 5.74) is 1.63. The fraction of sp³-hybridized carbons (Fsp3) is 0.611. The molecule has 0 spiro atoms. The molecule has 20 heavy (non-hydrogen) atoms. The van der Waals surface area contributed by atoms with Crippen molar-refractivity contribution in [1.82, 2.24) is 0 Å². The van der Waals surface area contributed by atoms with E-state index < -0.39 is 11.5 Å². The number of aliphatic hydroxyl groups excluding tert-OH is 1. The first-order valence-corrected chi connectivity index (χ1v) is 7.48. The maximum atomic E-state index is 10.7. The molecule has 0 bridgehead atoms. The first-order chi connectivity index (χ1) is 9.28. The maximum absolute atomic E-state index is 10.7. The molecule has 0 aliphatic heterocycles. The molecular formula is C18H25NO. The van der Waals surface area contributed by atoms with E-state index in [-0.39, 0.29) is 5.41 Å². The lowest BCUT2D eigenvalue weighted by molar-refractivity contribution is 0.0647. The Balaban J connectivity index is 2.25. The third-order valence-corrected chi connectivity index (χ3v) is 4.63. The summed E-state index contributed by atoms with van der Waals surface area (Å²) in [6.07, 6.45) is 1.95. The van der Waals surface area contributed by atoms with E-state index in [4.69, 9.17) is 0 Å². The Morgan fingerprint density at radius 1 is 1.30 bits per heavy atom. The molecule has 2 nitrogen and oxygen atoms in total. The van der Waals surface area contributed by atoms with E-state index in [0.717, 1.165) is 24.8 Å². The molecule has 1 fully saturated rings. The minimum atomic E-state index is -0.675. The molecule has 108 valence electrons. The smallest absolute Gasteiger partial charge is 0.0976 e. The molecule has 2 rings (SSSR count). The van der Waals surface area contributed by atoms with E-state index in [9.17, 15) is 10.4 Å². The summed E-state index contributed by atoms with van der Waals surface area (Å²) in [5.74, 6) is 0.526. The lowest BCUT2D eigenvalue weighted by Gasteiger charge is -2.28. The van der Waals surface area contributed by atoms with Crippen LogP contribution >= 0.6 is 0 Å². The van der Waals surface area contributed by atoms with Gasteiger partial charge in [-0.1, -0.05) is 52.0 Å². The van der Waals surface area contributed by atoms with E-state index in [2.05, 4.69) is 45.9 Å². The van der Waals surface area contributed by atoms with Crippen molar-refractivity contribution in [2.75, 3.05) is 0 Å². The molecule has 1 aliphatic carbocycles. The molecule has 1 aromatic carbocycles. The SMILES string of the molecule is CC1CCC(C#N)(C(O)c2ccc(C(C)(C)C)cc2)C1. The van der Waals surface area contributed by atoms with Gasteiger partial charge in [0.1, 0.15) is 0 Å². The van der Waals surface area contributed by atoms with Gasteiger partial charge in [0.2, 0.25) is 0 Å². The Morgan fingerprint density at radius 3 is 2.30 bits per heavy atom. The van der Waals surface area contributed by atoms with Crippen molar-refractivity contribution in [3.05, 3.63) is 35.4 Å². The molecule has 1 N–H and O–H groups in total. The van der Waals surface area contributed by atoms with Gasteiger partial charge < -0.3 is 5.11 Å². The van der Waals surface area contributed by atoms with Crippen molar-refractivity contribution in [3.63, 3.8) is 0 Å². The summed E-state index contributed by atoms with van der Waals surface area (Å²) in [5, 5.41) is 20.2. The van der Waals surface area contributed by atoms with Gasteiger partial charge in [-0.25, -0.2) is 0 Å². The van der Waals surface area contributed by atoms with E-state index in [0.29, 0.717) is 5.92 Å². The van der Waals surface area contributed by atoms with E-state index in [1.165, 1.54) is 5.56 Å². The average Bonchev–Trinajstić information content (AvgIpc) is 2.80. The van der Waals surface area contributed by atoms with E-state index >= 15 is 0 Å². The molecule has 3 unspecified atom stereocenters. The van der Waals surface area contributed by atoms with Crippen LogP contribution < -0.4 is 0 Å². The zero-order valence-electron chi connectivity index (χ0n) is 13.0. The predicted octanol–water partition coefficient (Wildman–Crippen LogP) is 4.35. The molecule has 0 heterocycles. The van der Waals surface area contributed by atoms with Crippen molar-refractivity contribution >= 4 is 0 Å². The van der Waals surface area contributed by atoms with Crippen LogP contribution in [0.25, 0.3) is 0 Å². The van der Waals surface area contributed by atoms with Crippen LogP contribution in [0, 0.1) is 22.7 Å². The van der Waals surface area contributed by atoms with Crippen LogP contribution in [0.4, 0.5) is 0 Å². The summed E-state index contributed by atoms with van der Waals surface area (Å²) in [4.78, 5) is 0. The zero-order chi connectivity index (χ0) is 15.0. The molecular weight excluding hydrogens is 246 g/mol. The monoisotopic (exact) mass is 271 g/mol. The Labute approximate surface area is 122 Å². The van der Waals surface area contributed by atoms with Gasteiger partial charge in [-0.2, -0.15) is 5.26 Å². The zero-order valence-corrected chi connectivity index (χ0v) is 13.0. The van der Waals surface area contributed by atoms with Gasteiger partial charge in [0.15, 0.2) is 0 Å². The molecule has 0 amide bonds. The minimum Gasteiger partial charge on any atom is -0.387 e. The van der Waals surface area contributed by atoms with Crippen LogP contribution in [0.2, 0.25) is 0 Å². The van der Waals surface area contributed by atoms with E-state index in [1.807, 2.05) is 12.1 Å². The molecule has 2 heteroatoms. The highest BCUT2D eigenvalue weighted by Crippen LogP contribution is 2.49. The molecule has 3 atom stereocenters. The Bertz CT molecular complexity index is 506. The summed E-state index contributed by atoms with van der Waals surface area (Å²) in [7, 11) is 0. The highest BCUT2D eigenvalue weighted by molar-refractivity contribution is 5.31. The van der Waals surface area contributed by atoms with Crippen molar-refractivity contribution in [2.24, 2.45) is 11.3 Å². The van der Waals surface area contributed by atoms with Crippen molar-refractivity contribution in [1.29, 1.82) is 5.26 Å². The topological polar surface area (TPSA) is 44.0 Å². The lowest BCUT2D eigenvalue weighted by Crippen LogP contribution is -2.24. The third kappa shape index (κ3) is 2.74. The standard InChI is InChI=1S/C18H25NO/c1-13-9-10-18(11-13,12-19)16(20)14-5-7-15(8-6-14)17(2,3)4/h5-8,13,16,20H,9-11H2,1-4H3. The Morgan fingerprint density at radius 2 is 1.90 bits per heavy atom.